The molecule has 0 N–H and O–H groups in total. The summed E-state index contributed by atoms with van der Waals surface area (Å²) in [6.45, 7) is 1.70. The highest BCUT2D eigenvalue weighted by molar-refractivity contribution is 5.96. The molecule has 0 spiro atoms. The maximum atomic E-state index is 14.2. The van der Waals surface area contributed by atoms with Crippen molar-refractivity contribution in [3.63, 3.8) is 0 Å². The van der Waals surface area contributed by atoms with E-state index in [9.17, 15) is 26.3 Å². The van der Waals surface area contributed by atoms with Crippen LogP contribution in [0.2, 0.25) is 0 Å². The minimum absolute atomic E-state index is 0.0212. The number of nitrogens with zero attached hydrogens (tertiary/aromatic N) is 1. The molecule has 0 unspecified atom stereocenters. The molecule has 0 saturated heterocycles. The van der Waals surface area contributed by atoms with E-state index in [0.29, 0.717) is 17.2 Å². The molecule has 0 aromatic heterocycles. The second-order valence-electron chi connectivity index (χ2n) is 7.11. The molecule has 1 aliphatic rings. The molecule has 1 heterocycles. The Morgan fingerprint density at radius 3 is 2.06 bits per heavy atom. The van der Waals surface area contributed by atoms with E-state index in [1.54, 1.807) is 31.2 Å². The Labute approximate surface area is 173 Å². The lowest BCUT2D eigenvalue weighted by Gasteiger charge is -2.14. The number of halogens is 6. The van der Waals surface area contributed by atoms with E-state index >= 15 is 0 Å². The van der Waals surface area contributed by atoms with Crippen molar-refractivity contribution >= 4 is 5.90 Å². The van der Waals surface area contributed by atoms with Gasteiger partial charge in [-0.25, -0.2) is 18.2 Å². The van der Waals surface area contributed by atoms with Crippen molar-refractivity contribution in [3.8, 4) is 11.1 Å². The van der Waals surface area contributed by atoms with Crippen LogP contribution in [0.5, 0.6) is 0 Å². The number of rotatable bonds is 3. The Balaban J connectivity index is 1.62. The van der Waals surface area contributed by atoms with Crippen molar-refractivity contribution in [2.75, 3.05) is 0 Å². The standard InChI is InChI=1S/C23H15F6NO/c1-12-21(30-22(31-12)20-17(24)3-2-4-18(20)25)14-7-5-13(6-8-14)16-10-9-15(11-19(16)26)23(27,28)29/h2-12,21H,1H3/t12-,21-/m0/s1. The van der Waals surface area contributed by atoms with E-state index in [4.69, 9.17) is 4.74 Å². The summed E-state index contributed by atoms with van der Waals surface area (Å²) in [4.78, 5) is 4.31. The van der Waals surface area contributed by atoms with Gasteiger partial charge in [-0.3, -0.25) is 0 Å². The van der Waals surface area contributed by atoms with E-state index in [2.05, 4.69) is 4.99 Å². The molecule has 0 amide bonds. The van der Waals surface area contributed by atoms with Gasteiger partial charge < -0.3 is 4.74 Å². The molecule has 8 heteroatoms. The van der Waals surface area contributed by atoms with Gasteiger partial charge in [0.05, 0.1) is 5.56 Å². The predicted molar refractivity (Wildman–Crippen MR) is 103 cm³/mol. The first-order chi connectivity index (χ1) is 14.6. The molecule has 2 nitrogen and oxygen atoms in total. The van der Waals surface area contributed by atoms with Gasteiger partial charge in [-0.1, -0.05) is 36.4 Å². The zero-order valence-electron chi connectivity index (χ0n) is 16.1. The number of benzene rings is 3. The largest absolute Gasteiger partial charge is 0.472 e. The lowest BCUT2D eigenvalue weighted by molar-refractivity contribution is -0.137. The topological polar surface area (TPSA) is 21.6 Å². The van der Waals surface area contributed by atoms with Crippen molar-refractivity contribution < 1.29 is 31.1 Å². The first-order valence-corrected chi connectivity index (χ1v) is 9.31. The van der Waals surface area contributed by atoms with E-state index in [1.807, 2.05) is 0 Å². The van der Waals surface area contributed by atoms with Gasteiger partial charge in [0.25, 0.3) is 0 Å². The summed E-state index contributed by atoms with van der Waals surface area (Å²) in [6, 6.07) is 11.6. The summed E-state index contributed by atoms with van der Waals surface area (Å²) >= 11 is 0. The smallest absolute Gasteiger partial charge is 0.416 e. The first kappa shape index (κ1) is 21.0. The normalized spacial score (nSPS) is 18.6. The van der Waals surface area contributed by atoms with E-state index in [0.717, 1.165) is 24.3 Å². The Kier molecular flexibility index (Phi) is 5.24. The van der Waals surface area contributed by atoms with Crippen LogP contribution in [0.25, 0.3) is 11.1 Å². The summed E-state index contributed by atoms with van der Waals surface area (Å²) in [5.74, 6) is -2.72. The Bertz CT molecular complexity index is 1130. The van der Waals surface area contributed by atoms with Crippen LogP contribution in [0.4, 0.5) is 26.3 Å². The Morgan fingerprint density at radius 2 is 1.48 bits per heavy atom. The maximum absolute atomic E-state index is 14.2. The van der Waals surface area contributed by atoms with Gasteiger partial charge in [-0.05, 0) is 42.3 Å². The van der Waals surface area contributed by atoms with Crippen LogP contribution in [0.1, 0.15) is 29.7 Å². The molecule has 1 aliphatic heterocycles. The van der Waals surface area contributed by atoms with Crippen LogP contribution in [0.15, 0.2) is 65.7 Å². The van der Waals surface area contributed by atoms with E-state index in [1.165, 1.54) is 6.07 Å². The molecule has 3 aromatic rings. The third-order valence-corrected chi connectivity index (χ3v) is 5.03. The van der Waals surface area contributed by atoms with Crippen molar-refractivity contribution in [1.29, 1.82) is 0 Å². The summed E-state index contributed by atoms with van der Waals surface area (Å²) in [7, 11) is 0. The van der Waals surface area contributed by atoms with Gasteiger partial charge >= 0.3 is 6.18 Å². The average Bonchev–Trinajstić information content (AvgIpc) is 3.08. The number of alkyl halides is 3. The molecule has 2 atom stereocenters. The van der Waals surface area contributed by atoms with Crippen LogP contribution in [0, 0.1) is 17.5 Å². The lowest BCUT2D eigenvalue weighted by atomic mass is 9.98. The third kappa shape index (κ3) is 4.02. The molecule has 0 saturated carbocycles. The number of ether oxygens (including phenoxy) is 1. The highest BCUT2D eigenvalue weighted by Crippen LogP contribution is 2.35. The van der Waals surface area contributed by atoms with Crippen LogP contribution in [-0.2, 0) is 10.9 Å². The molecule has 0 fully saturated rings. The first-order valence-electron chi connectivity index (χ1n) is 9.31. The highest BCUT2D eigenvalue weighted by atomic mass is 19.4. The maximum Gasteiger partial charge on any atom is 0.416 e. The summed E-state index contributed by atoms with van der Waals surface area (Å²) in [5, 5.41) is 0. The minimum atomic E-state index is -4.63. The third-order valence-electron chi connectivity index (χ3n) is 5.03. The molecular formula is C23H15F6NO. The van der Waals surface area contributed by atoms with Crippen molar-refractivity contribution in [2.45, 2.75) is 25.2 Å². The van der Waals surface area contributed by atoms with Crippen LogP contribution in [-0.4, -0.2) is 12.0 Å². The lowest BCUT2D eigenvalue weighted by Crippen LogP contribution is -2.14. The van der Waals surface area contributed by atoms with Crippen molar-refractivity contribution in [3.05, 3.63) is 94.8 Å². The van der Waals surface area contributed by atoms with Gasteiger partial charge in [0.1, 0.15) is 35.2 Å². The van der Waals surface area contributed by atoms with E-state index < -0.39 is 41.3 Å². The molecule has 31 heavy (non-hydrogen) atoms. The summed E-state index contributed by atoms with van der Waals surface area (Å²) < 4.78 is 86.0. The second-order valence-corrected chi connectivity index (χ2v) is 7.11. The van der Waals surface area contributed by atoms with Gasteiger partial charge in [0, 0.05) is 5.56 Å². The number of aliphatic imine (C=N–C) groups is 1. The number of hydrogen-bond donors (Lipinski definition) is 0. The summed E-state index contributed by atoms with van der Waals surface area (Å²) in [6.07, 6.45) is -5.14. The minimum Gasteiger partial charge on any atom is -0.472 e. The Morgan fingerprint density at radius 1 is 0.839 bits per heavy atom. The Hall–Kier alpha value is -3.29. The SMILES string of the molecule is C[C@@H]1OC(c2c(F)cccc2F)=N[C@@H]1c1ccc(-c2ccc(C(F)(F)F)cc2F)cc1. The zero-order valence-corrected chi connectivity index (χ0v) is 16.1. The molecule has 0 aliphatic carbocycles. The van der Waals surface area contributed by atoms with Gasteiger partial charge in [-0.2, -0.15) is 13.2 Å². The second kappa shape index (κ2) is 7.76. The van der Waals surface area contributed by atoms with Crippen molar-refractivity contribution in [1.82, 2.24) is 0 Å². The molecule has 160 valence electrons. The molecular weight excluding hydrogens is 420 g/mol. The van der Waals surface area contributed by atoms with Crippen LogP contribution < -0.4 is 0 Å². The fraction of sp³-hybridized carbons (Fsp3) is 0.174. The molecule has 0 radical (unpaired) electrons. The predicted octanol–water partition coefficient (Wildman–Crippen LogP) is 6.70. The van der Waals surface area contributed by atoms with Crippen LogP contribution >= 0.6 is 0 Å². The summed E-state index contributed by atoms with van der Waals surface area (Å²) in [5.41, 5.74) is -0.362. The van der Waals surface area contributed by atoms with Crippen molar-refractivity contribution in [2.24, 2.45) is 4.99 Å². The van der Waals surface area contributed by atoms with Crippen LogP contribution in [0.3, 0.4) is 0 Å². The quantitative estimate of drug-likeness (QED) is 0.420. The number of hydrogen-bond acceptors (Lipinski definition) is 2. The molecule has 0 bridgehead atoms. The zero-order chi connectivity index (χ0) is 22.3. The van der Waals surface area contributed by atoms with Gasteiger partial charge in [0.15, 0.2) is 0 Å². The van der Waals surface area contributed by atoms with Gasteiger partial charge in [0.2, 0.25) is 5.90 Å². The molecule has 3 aromatic carbocycles. The van der Waals surface area contributed by atoms with E-state index in [-0.39, 0.29) is 17.0 Å². The van der Waals surface area contributed by atoms with Gasteiger partial charge in [-0.15, -0.1) is 0 Å². The fourth-order valence-electron chi connectivity index (χ4n) is 3.46. The highest BCUT2D eigenvalue weighted by Gasteiger charge is 2.33. The monoisotopic (exact) mass is 435 g/mol. The fourth-order valence-corrected chi connectivity index (χ4v) is 3.46. The molecule has 4 rings (SSSR count). The average molecular weight is 435 g/mol.